The maximum absolute atomic E-state index is 12.2. The Morgan fingerprint density at radius 2 is 2.12 bits per heavy atom. The Hall–Kier alpha value is -3.07. The van der Waals surface area contributed by atoms with Crippen LogP contribution < -0.4 is 5.32 Å². The van der Waals surface area contributed by atoms with Crippen LogP contribution in [0.5, 0.6) is 0 Å². The number of aromatic amines is 1. The molecule has 0 spiro atoms. The Morgan fingerprint density at radius 1 is 1.29 bits per heavy atom. The number of ether oxygens (including phenoxy) is 1. The van der Waals surface area contributed by atoms with Crippen molar-refractivity contribution in [2.75, 3.05) is 5.32 Å². The Morgan fingerprint density at radius 3 is 2.92 bits per heavy atom. The van der Waals surface area contributed by atoms with E-state index in [1.807, 2.05) is 0 Å². The lowest BCUT2D eigenvalue weighted by Gasteiger charge is -2.13. The molecule has 0 aliphatic rings. The lowest BCUT2D eigenvalue weighted by Crippen LogP contribution is -2.30. The first-order chi connectivity index (χ1) is 11.5. The summed E-state index contributed by atoms with van der Waals surface area (Å²) < 4.78 is 5.11. The number of imidazole rings is 1. The number of halogens is 1. The highest BCUT2D eigenvalue weighted by atomic mass is 35.5. The fraction of sp³-hybridized carbons (Fsp3) is 0.143. The molecule has 10 heteroatoms. The number of nitrogens with one attached hydrogen (secondary N) is 2. The van der Waals surface area contributed by atoms with Gasteiger partial charge in [-0.3, -0.25) is 4.79 Å². The number of fused-ring (bicyclic) bond motifs is 1. The number of aromatic nitrogens is 5. The zero-order chi connectivity index (χ0) is 17.1. The van der Waals surface area contributed by atoms with Crippen LogP contribution in [0.15, 0.2) is 31.0 Å². The topological polar surface area (TPSA) is 123 Å². The number of carbonyl (C=O) groups is 2. The minimum Gasteiger partial charge on any atom is -0.449 e. The number of hydrogen-bond donors (Lipinski definition) is 2. The Kier molecular flexibility index (Phi) is 4.34. The number of pyridine rings is 1. The minimum atomic E-state index is -1.04. The van der Waals surface area contributed by atoms with E-state index in [0.717, 1.165) is 0 Å². The van der Waals surface area contributed by atoms with E-state index in [2.05, 4.69) is 30.2 Å². The Balaban J connectivity index is 1.69. The van der Waals surface area contributed by atoms with E-state index in [4.69, 9.17) is 16.3 Å². The average molecular weight is 347 g/mol. The van der Waals surface area contributed by atoms with E-state index >= 15 is 0 Å². The van der Waals surface area contributed by atoms with Crippen LogP contribution in [0, 0.1) is 0 Å². The van der Waals surface area contributed by atoms with Crippen LogP contribution >= 0.6 is 11.6 Å². The van der Waals surface area contributed by atoms with Crippen molar-refractivity contribution in [3.05, 3.63) is 41.7 Å². The van der Waals surface area contributed by atoms with Gasteiger partial charge < -0.3 is 15.0 Å². The molecule has 0 saturated heterocycles. The van der Waals surface area contributed by atoms with Crippen LogP contribution in [0.3, 0.4) is 0 Å². The summed E-state index contributed by atoms with van der Waals surface area (Å²) in [7, 11) is 0. The molecule has 122 valence electrons. The highest BCUT2D eigenvalue weighted by molar-refractivity contribution is 6.29. The number of nitrogens with zero attached hydrogens (tertiary/aromatic N) is 4. The molecule has 0 unspecified atom stereocenters. The van der Waals surface area contributed by atoms with Gasteiger partial charge >= 0.3 is 5.97 Å². The molecule has 3 rings (SSSR count). The molecule has 0 saturated carbocycles. The number of H-pyrrole nitrogens is 1. The largest absolute Gasteiger partial charge is 0.449 e. The number of amides is 1. The Bertz CT molecular complexity index is 912. The monoisotopic (exact) mass is 346 g/mol. The van der Waals surface area contributed by atoms with Crippen molar-refractivity contribution in [2.45, 2.75) is 13.0 Å². The van der Waals surface area contributed by atoms with Crippen LogP contribution in [0.4, 0.5) is 5.82 Å². The average Bonchev–Trinajstić information content (AvgIpc) is 3.04. The molecule has 3 heterocycles. The van der Waals surface area contributed by atoms with Gasteiger partial charge in [0.25, 0.3) is 5.91 Å². The fourth-order valence-electron chi connectivity index (χ4n) is 1.89. The maximum atomic E-state index is 12.2. The molecule has 0 fully saturated rings. The van der Waals surface area contributed by atoms with Gasteiger partial charge in [0.15, 0.2) is 17.6 Å². The molecule has 0 aliphatic carbocycles. The van der Waals surface area contributed by atoms with Crippen molar-refractivity contribution < 1.29 is 14.3 Å². The molecule has 1 atom stereocenters. The molecule has 3 aromatic heterocycles. The van der Waals surface area contributed by atoms with Crippen LogP contribution in [-0.4, -0.2) is 42.9 Å². The van der Waals surface area contributed by atoms with E-state index in [1.54, 1.807) is 0 Å². The second-order valence-electron chi connectivity index (χ2n) is 4.73. The third-order valence-corrected chi connectivity index (χ3v) is 3.29. The first-order valence-electron chi connectivity index (χ1n) is 6.82. The number of carbonyl (C=O) groups excluding carboxylic acids is 2. The van der Waals surface area contributed by atoms with Gasteiger partial charge in [0.1, 0.15) is 17.0 Å². The van der Waals surface area contributed by atoms with Gasteiger partial charge in [-0.1, -0.05) is 11.6 Å². The zero-order valence-corrected chi connectivity index (χ0v) is 13.1. The van der Waals surface area contributed by atoms with E-state index in [0.29, 0.717) is 11.2 Å². The second-order valence-corrected chi connectivity index (χ2v) is 5.11. The fourth-order valence-corrected chi connectivity index (χ4v) is 2.06. The van der Waals surface area contributed by atoms with Gasteiger partial charge in [-0.15, -0.1) is 0 Å². The predicted molar refractivity (Wildman–Crippen MR) is 84.4 cm³/mol. The van der Waals surface area contributed by atoms with Crippen molar-refractivity contribution in [3.8, 4) is 0 Å². The number of esters is 1. The lowest BCUT2D eigenvalue weighted by atomic mass is 10.2. The van der Waals surface area contributed by atoms with E-state index in [1.165, 1.54) is 37.9 Å². The van der Waals surface area contributed by atoms with Gasteiger partial charge in [-0.05, 0) is 19.1 Å². The van der Waals surface area contributed by atoms with Crippen molar-refractivity contribution in [3.63, 3.8) is 0 Å². The summed E-state index contributed by atoms with van der Waals surface area (Å²) in [4.78, 5) is 42.7. The molecule has 24 heavy (non-hydrogen) atoms. The van der Waals surface area contributed by atoms with Crippen molar-refractivity contribution in [1.82, 2.24) is 24.9 Å². The molecular formula is C14H11ClN6O3. The highest BCUT2D eigenvalue weighted by Gasteiger charge is 2.21. The van der Waals surface area contributed by atoms with Crippen LogP contribution in [0.25, 0.3) is 11.2 Å². The van der Waals surface area contributed by atoms with Crippen LogP contribution in [0.2, 0.25) is 5.15 Å². The summed E-state index contributed by atoms with van der Waals surface area (Å²) in [6.07, 6.45) is 3.04. The predicted octanol–water partition coefficient (Wildman–Crippen LogP) is 1.59. The molecule has 3 aromatic rings. The molecule has 0 radical (unpaired) electrons. The van der Waals surface area contributed by atoms with E-state index in [9.17, 15) is 9.59 Å². The van der Waals surface area contributed by atoms with Gasteiger partial charge in [0, 0.05) is 6.20 Å². The van der Waals surface area contributed by atoms with E-state index < -0.39 is 18.0 Å². The van der Waals surface area contributed by atoms with E-state index in [-0.39, 0.29) is 16.5 Å². The lowest BCUT2D eigenvalue weighted by molar-refractivity contribution is -0.123. The van der Waals surface area contributed by atoms with Crippen molar-refractivity contribution in [1.29, 1.82) is 0 Å². The van der Waals surface area contributed by atoms with Gasteiger partial charge in [-0.25, -0.2) is 24.7 Å². The van der Waals surface area contributed by atoms with Crippen LogP contribution in [0.1, 0.15) is 17.3 Å². The van der Waals surface area contributed by atoms with Crippen molar-refractivity contribution in [2.24, 2.45) is 0 Å². The van der Waals surface area contributed by atoms with Crippen LogP contribution in [-0.2, 0) is 9.53 Å². The van der Waals surface area contributed by atoms with Crippen molar-refractivity contribution >= 4 is 40.5 Å². The quantitative estimate of drug-likeness (QED) is 0.543. The van der Waals surface area contributed by atoms with Gasteiger partial charge in [0.2, 0.25) is 0 Å². The summed E-state index contributed by atoms with van der Waals surface area (Å²) >= 11 is 5.72. The normalized spacial score (nSPS) is 11.9. The second kappa shape index (κ2) is 6.59. The molecule has 1 amide bonds. The Labute approximate surface area is 140 Å². The summed E-state index contributed by atoms with van der Waals surface area (Å²) in [6, 6.07) is 2.80. The number of rotatable bonds is 4. The van der Waals surface area contributed by atoms with Gasteiger partial charge in [-0.2, -0.15) is 0 Å². The third-order valence-electron chi connectivity index (χ3n) is 3.08. The maximum Gasteiger partial charge on any atom is 0.339 e. The summed E-state index contributed by atoms with van der Waals surface area (Å²) in [6.45, 7) is 1.45. The molecule has 0 aliphatic heterocycles. The first-order valence-corrected chi connectivity index (χ1v) is 7.20. The molecular weight excluding hydrogens is 336 g/mol. The molecule has 9 nitrogen and oxygen atoms in total. The molecule has 0 bridgehead atoms. The third kappa shape index (κ3) is 3.30. The number of hydrogen-bond acceptors (Lipinski definition) is 7. The first kappa shape index (κ1) is 15.8. The summed E-state index contributed by atoms with van der Waals surface area (Å²) in [5.74, 6) is -0.980. The molecule has 2 N–H and O–H groups in total. The minimum absolute atomic E-state index is 0.157. The number of anilines is 1. The summed E-state index contributed by atoms with van der Waals surface area (Å²) in [5, 5.41) is 2.72. The molecule has 0 aromatic carbocycles. The van der Waals surface area contributed by atoms with Gasteiger partial charge in [0.05, 0.1) is 11.9 Å². The SMILES string of the molecule is C[C@@H](OC(=O)c1ccnc(Cl)c1)C(=O)Nc1ncnc2nc[nH]c12. The smallest absolute Gasteiger partial charge is 0.339 e. The zero-order valence-electron chi connectivity index (χ0n) is 12.4. The summed E-state index contributed by atoms with van der Waals surface area (Å²) in [5.41, 5.74) is 1.09. The standard InChI is InChI=1S/C14H11ClN6O3/c1-7(24-14(23)8-2-3-16-9(15)4-8)13(22)21-12-10-11(18-5-17-10)19-6-20-12/h2-7H,1H3,(H2,17,18,19,20,21,22)/t7-/m1/s1. The highest BCUT2D eigenvalue weighted by Crippen LogP contribution is 2.15.